The Kier molecular flexibility index (Phi) is 6.00. The van der Waals surface area contributed by atoms with E-state index in [0.717, 1.165) is 9.35 Å². The summed E-state index contributed by atoms with van der Waals surface area (Å²) in [6.07, 6.45) is 0. The van der Waals surface area contributed by atoms with Gasteiger partial charge in [0.15, 0.2) is 0 Å². The molecule has 1 aromatic heterocycles. The van der Waals surface area contributed by atoms with Crippen molar-refractivity contribution in [3.8, 4) is 0 Å². The second kappa shape index (κ2) is 7.05. The number of halogens is 1. The molecular weight excluding hydrogens is 328 g/mol. The lowest BCUT2D eigenvalue weighted by Crippen LogP contribution is -2.40. The van der Waals surface area contributed by atoms with Crippen molar-refractivity contribution in [1.29, 1.82) is 0 Å². The number of carbonyl (C=O) groups is 2. The van der Waals surface area contributed by atoms with Crippen LogP contribution in [-0.2, 0) is 4.79 Å². The predicted octanol–water partition coefficient (Wildman–Crippen LogP) is 2.76. The Morgan fingerprint density at radius 2 is 1.89 bits per heavy atom. The van der Waals surface area contributed by atoms with E-state index in [1.165, 1.54) is 16.2 Å². The smallest absolute Gasteiger partial charge is 0.264 e. The summed E-state index contributed by atoms with van der Waals surface area (Å²) in [5, 5.41) is 0. The normalized spacial score (nSPS) is 10.4. The second-order valence-electron chi connectivity index (χ2n) is 4.29. The largest absolute Gasteiger partial charge is 0.342 e. The Morgan fingerprint density at radius 3 is 2.32 bits per heavy atom. The number of nitrogens with zero attached hydrogens (tertiary/aromatic N) is 2. The van der Waals surface area contributed by atoms with Crippen LogP contribution in [0.4, 0.5) is 0 Å². The van der Waals surface area contributed by atoms with Crippen molar-refractivity contribution in [1.82, 2.24) is 9.80 Å². The van der Waals surface area contributed by atoms with E-state index in [1.807, 2.05) is 26.8 Å². The third-order valence-corrected chi connectivity index (χ3v) is 5.03. The summed E-state index contributed by atoms with van der Waals surface area (Å²) in [5.74, 6) is -0.132. The molecule has 0 aliphatic rings. The zero-order chi connectivity index (χ0) is 14.6. The molecule has 0 N–H and O–H groups in total. The van der Waals surface area contributed by atoms with Gasteiger partial charge in [0, 0.05) is 20.1 Å². The molecule has 1 aromatic rings. The maximum absolute atomic E-state index is 12.2. The zero-order valence-corrected chi connectivity index (χ0v) is 14.1. The van der Waals surface area contributed by atoms with Gasteiger partial charge in [-0.3, -0.25) is 9.59 Å². The average molecular weight is 347 g/mol. The summed E-state index contributed by atoms with van der Waals surface area (Å²) in [6.45, 7) is 7.27. The molecule has 1 heterocycles. The lowest BCUT2D eigenvalue weighted by atomic mass is 10.3. The molecule has 0 radical (unpaired) electrons. The fraction of sp³-hybridized carbons (Fsp3) is 0.538. The van der Waals surface area contributed by atoms with Crippen molar-refractivity contribution in [2.45, 2.75) is 20.8 Å². The number of hydrogen-bond donors (Lipinski definition) is 0. The summed E-state index contributed by atoms with van der Waals surface area (Å²) in [5.41, 5.74) is 1.04. The van der Waals surface area contributed by atoms with Crippen molar-refractivity contribution in [3.63, 3.8) is 0 Å². The number of rotatable bonds is 5. The van der Waals surface area contributed by atoms with Crippen LogP contribution in [0.15, 0.2) is 9.85 Å². The molecule has 0 spiro atoms. The van der Waals surface area contributed by atoms with Crippen LogP contribution in [-0.4, -0.2) is 48.3 Å². The molecule has 0 saturated carbocycles. The van der Waals surface area contributed by atoms with Gasteiger partial charge in [0.1, 0.15) is 0 Å². The molecule has 19 heavy (non-hydrogen) atoms. The highest BCUT2D eigenvalue weighted by Crippen LogP contribution is 2.27. The van der Waals surface area contributed by atoms with E-state index in [1.54, 1.807) is 11.9 Å². The molecule has 0 aromatic carbocycles. The molecule has 6 heteroatoms. The monoisotopic (exact) mass is 346 g/mol. The Balaban J connectivity index is 2.70. The van der Waals surface area contributed by atoms with E-state index in [2.05, 4.69) is 15.9 Å². The molecule has 0 unspecified atom stereocenters. The van der Waals surface area contributed by atoms with Crippen LogP contribution >= 0.6 is 27.3 Å². The Hall–Kier alpha value is -0.880. The zero-order valence-electron chi connectivity index (χ0n) is 11.7. The number of thiophene rings is 1. The van der Waals surface area contributed by atoms with Gasteiger partial charge >= 0.3 is 0 Å². The maximum atomic E-state index is 12.2. The summed E-state index contributed by atoms with van der Waals surface area (Å²) in [7, 11) is 1.66. The molecule has 1 rings (SSSR count). The molecule has 0 aliphatic heterocycles. The highest BCUT2D eigenvalue weighted by Gasteiger charge is 2.19. The van der Waals surface area contributed by atoms with Crippen LogP contribution < -0.4 is 0 Å². The number of hydrogen-bond acceptors (Lipinski definition) is 3. The van der Waals surface area contributed by atoms with Crippen LogP contribution in [0.1, 0.15) is 29.1 Å². The lowest BCUT2D eigenvalue weighted by Gasteiger charge is -2.22. The third-order valence-electron chi connectivity index (χ3n) is 2.90. The summed E-state index contributed by atoms with van der Waals surface area (Å²) in [4.78, 5) is 28.0. The van der Waals surface area contributed by atoms with Crippen molar-refractivity contribution in [2.24, 2.45) is 0 Å². The summed E-state index contributed by atoms with van der Waals surface area (Å²) >= 11 is 4.80. The average Bonchev–Trinajstić information content (AvgIpc) is 2.70. The van der Waals surface area contributed by atoms with E-state index in [4.69, 9.17) is 0 Å². The van der Waals surface area contributed by atoms with E-state index in [0.29, 0.717) is 18.0 Å². The molecule has 4 nitrogen and oxygen atoms in total. The van der Waals surface area contributed by atoms with Gasteiger partial charge in [-0.2, -0.15) is 0 Å². The molecule has 106 valence electrons. The molecular formula is C13H19BrN2O2S. The maximum Gasteiger partial charge on any atom is 0.264 e. The van der Waals surface area contributed by atoms with Gasteiger partial charge in [-0.15, -0.1) is 11.3 Å². The predicted molar refractivity (Wildman–Crippen MR) is 81.6 cm³/mol. The van der Waals surface area contributed by atoms with Crippen LogP contribution in [0.2, 0.25) is 0 Å². The van der Waals surface area contributed by atoms with Crippen molar-refractivity contribution in [2.75, 3.05) is 26.7 Å². The minimum absolute atomic E-state index is 0.0202. The van der Waals surface area contributed by atoms with Crippen LogP contribution in [0.25, 0.3) is 0 Å². The van der Waals surface area contributed by atoms with E-state index < -0.39 is 0 Å². The Labute approximate surface area is 126 Å². The Bertz CT molecular complexity index is 450. The van der Waals surface area contributed by atoms with Gasteiger partial charge in [-0.05, 0) is 48.3 Å². The van der Waals surface area contributed by atoms with Gasteiger partial charge < -0.3 is 9.80 Å². The molecule has 0 bridgehead atoms. The Morgan fingerprint density at radius 1 is 1.32 bits per heavy atom. The summed E-state index contributed by atoms with van der Waals surface area (Å²) in [6, 6.07) is 1.84. The number of carbonyl (C=O) groups excluding carboxylic acids is 2. The minimum atomic E-state index is -0.112. The standard InChI is InChI=1S/C13H19BrN2O2S/c1-5-16(6-2)11(17)8-15(4)13(18)10-7-9(3)12(14)19-10/h7H,5-6,8H2,1-4H3. The van der Waals surface area contributed by atoms with Gasteiger partial charge in [0.05, 0.1) is 15.2 Å². The minimum Gasteiger partial charge on any atom is -0.342 e. The molecule has 0 aliphatic carbocycles. The topological polar surface area (TPSA) is 40.6 Å². The van der Waals surface area contributed by atoms with Gasteiger partial charge in [0.25, 0.3) is 5.91 Å². The first-order valence-electron chi connectivity index (χ1n) is 6.19. The van der Waals surface area contributed by atoms with Gasteiger partial charge in [-0.1, -0.05) is 0 Å². The fourth-order valence-electron chi connectivity index (χ4n) is 1.70. The van der Waals surface area contributed by atoms with Crippen LogP contribution in [0, 0.1) is 6.92 Å². The first-order valence-corrected chi connectivity index (χ1v) is 7.80. The van der Waals surface area contributed by atoms with Crippen LogP contribution in [0.5, 0.6) is 0 Å². The van der Waals surface area contributed by atoms with Crippen molar-refractivity contribution >= 4 is 39.1 Å². The quantitative estimate of drug-likeness (QED) is 0.822. The third kappa shape index (κ3) is 4.04. The van der Waals surface area contributed by atoms with Crippen LogP contribution in [0.3, 0.4) is 0 Å². The fourth-order valence-corrected chi connectivity index (χ4v) is 3.23. The highest BCUT2D eigenvalue weighted by atomic mass is 79.9. The molecule has 2 amide bonds. The van der Waals surface area contributed by atoms with Crippen molar-refractivity contribution in [3.05, 3.63) is 20.3 Å². The second-order valence-corrected chi connectivity index (χ2v) is 6.66. The van der Waals surface area contributed by atoms with E-state index >= 15 is 0 Å². The first-order chi connectivity index (χ1) is 8.90. The molecule has 0 saturated heterocycles. The van der Waals surface area contributed by atoms with E-state index in [-0.39, 0.29) is 18.4 Å². The summed E-state index contributed by atoms with van der Waals surface area (Å²) < 4.78 is 0.958. The number of likely N-dealkylation sites (N-methyl/N-ethyl adjacent to an activating group) is 2. The highest BCUT2D eigenvalue weighted by molar-refractivity contribution is 9.11. The van der Waals surface area contributed by atoms with Gasteiger partial charge in [-0.25, -0.2) is 0 Å². The van der Waals surface area contributed by atoms with Gasteiger partial charge in [0.2, 0.25) is 5.91 Å². The van der Waals surface area contributed by atoms with E-state index in [9.17, 15) is 9.59 Å². The number of aryl methyl sites for hydroxylation is 1. The lowest BCUT2D eigenvalue weighted by molar-refractivity contribution is -0.131. The molecule has 0 fully saturated rings. The SMILES string of the molecule is CCN(CC)C(=O)CN(C)C(=O)c1cc(C)c(Br)s1. The number of amides is 2. The molecule has 0 atom stereocenters. The van der Waals surface area contributed by atoms with Crippen molar-refractivity contribution < 1.29 is 9.59 Å². The first kappa shape index (κ1) is 16.2.